The lowest BCUT2D eigenvalue weighted by atomic mass is 10.0. The van der Waals surface area contributed by atoms with Crippen molar-refractivity contribution >= 4 is 11.9 Å². The number of nitrogens with zero attached hydrogens (tertiary/aromatic N) is 3. The standard InChI is InChI=1S/C20H39N5O2/c1-5-21-19(22-16-20(7-8-20)9-14-27-6-2)25-12-10-24(11-13-25)15-18(26)23-17(3)4/h17H,5-16H2,1-4H3,(H,21,22)(H,23,26). The van der Waals surface area contributed by atoms with Crippen molar-refractivity contribution in [3.8, 4) is 0 Å². The van der Waals surface area contributed by atoms with Crippen LogP contribution in [0, 0.1) is 5.41 Å². The van der Waals surface area contributed by atoms with E-state index < -0.39 is 0 Å². The summed E-state index contributed by atoms with van der Waals surface area (Å²) in [7, 11) is 0. The summed E-state index contributed by atoms with van der Waals surface area (Å²) in [6, 6.07) is 0.198. The highest BCUT2D eigenvalue weighted by Crippen LogP contribution is 2.49. The van der Waals surface area contributed by atoms with Gasteiger partial charge in [-0.05, 0) is 52.4 Å². The highest BCUT2D eigenvalue weighted by Gasteiger charge is 2.42. The van der Waals surface area contributed by atoms with E-state index in [4.69, 9.17) is 9.73 Å². The molecule has 1 amide bonds. The average molecular weight is 382 g/mol. The summed E-state index contributed by atoms with van der Waals surface area (Å²) in [6.07, 6.45) is 3.64. The van der Waals surface area contributed by atoms with E-state index >= 15 is 0 Å². The summed E-state index contributed by atoms with van der Waals surface area (Å²) >= 11 is 0. The zero-order chi connectivity index (χ0) is 19.7. The molecule has 2 aliphatic rings. The van der Waals surface area contributed by atoms with Crippen LogP contribution in [0.15, 0.2) is 4.99 Å². The number of aliphatic imine (C=N–C) groups is 1. The molecule has 7 heteroatoms. The molecule has 0 spiro atoms. The summed E-state index contributed by atoms with van der Waals surface area (Å²) in [5.74, 6) is 1.13. The second kappa shape index (κ2) is 10.9. The molecule has 2 N–H and O–H groups in total. The van der Waals surface area contributed by atoms with Crippen molar-refractivity contribution in [3.63, 3.8) is 0 Å². The lowest BCUT2D eigenvalue weighted by Crippen LogP contribution is -2.54. The molecule has 0 aromatic rings. The third kappa shape index (κ3) is 7.66. The molecule has 0 radical (unpaired) electrons. The number of guanidine groups is 1. The molecule has 0 aromatic heterocycles. The van der Waals surface area contributed by atoms with Crippen LogP contribution < -0.4 is 10.6 Å². The molecule has 1 saturated carbocycles. The number of nitrogens with one attached hydrogen (secondary N) is 2. The fraction of sp³-hybridized carbons (Fsp3) is 0.900. The van der Waals surface area contributed by atoms with Crippen molar-refractivity contribution in [1.29, 1.82) is 0 Å². The first kappa shape index (κ1) is 22.0. The number of carbonyl (C=O) groups excluding carboxylic acids is 1. The number of ether oxygens (including phenoxy) is 1. The maximum atomic E-state index is 12.0. The Morgan fingerprint density at radius 3 is 2.44 bits per heavy atom. The van der Waals surface area contributed by atoms with Gasteiger partial charge in [0, 0.05) is 58.5 Å². The Bertz CT molecular complexity index is 483. The van der Waals surface area contributed by atoms with Crippen LogP contribution in [-0.4, -0.2) is 86.7 Å². The zero-order valence-electron chi connectivity index (χ0n) is 17.7. The Balaban J connectivity index is 1.80. The van der Waals surface area contributed by atoms with Crippen molar-refractivity contribution in [2.45, 2.75) is 53.0 Å². The lowest BCUT2D eigenvalue weighted by Gasteiger charge is -2.36. The van der Waals surface area contributed by atoms with Gasteiger partial charge in [0.1, 0.15) is 0 Å². The zero-order valence-corrected chi connectivity index (χ0v) is 17.7. The van der Waals surface area contributed by atoms with Crippen molar-refractivity contribution in [2.24, 2.45) is 10.4 Å². The van der Waals surface area contributed by atoms with E-state index in [1.807, 2.05) is 20.8 Å². The maximum absolute atomic E-state index is 12.0. The molecule has 2 fully saturated rings. The maximum Gasteiger partial charge on any atom is 0.234 e. The van der Waals surface area contributed by atoms with E-state index in [2.05, 4.69) is 27.4 Å². The van der Waals surface area contributed by atoms with E-state index in [-0.39, 0.29) is 11.9 Å². The monoisotopic (exact) mass is 381 g/mol. The molecule has 0 atom stereocenters. The Hall–Kier alpha value is -1.34. The highest BCUT2D eigenvalue weighted by atomic mass is 16.5. The van der Waals surface area contributed by atoms with E-state index in [9.17, 15) is 4.79 Å². The fourth-order valence-corrected chi connectivity index (χ4v) is 3.45. The molecule has 1 heterocycles. The van der Waals surface area contributed by atoms with Gasteiger partial charge >= 0.3 is 0 Å². The van der Waals surface area contributed by atoms with Crippen LogP contribution in [0.1, 0.15) is 47.0 Å². The van der Waals surface area contributed by atoms with Gasteiger partial charge in [-0.15, -0.1) is 0 Å². The quantitative estimate of drug-likeness (QED) is 0.339. The molecule has 0 aromatic carbocycles. The van der Waals surface area contributed by atoms with Crippen LogP contribution in [0.3, 0.4) is 0 Å². The normalized spacial score (nSPS) is 20.0. The van der Waals surface area contributed by atoms with E-state index in [1.165, 1.54) is 12.8 Å². The molecule has 156 valence electrons. The van der Waals surface area contributed by atoms with Gasteiger partial charge in [-0.25, -0.2) is 0 Å². The summed E-state index contributed by atoms with van der Waals surface area (Å²) in [5.41, 5.74) is 0.368. The Morgan fingerprint density at radius 1 is 1.19 bits per heavy atom. The molecule has 0 bridgehead atoms. The van der Waals surface area contributed by atoms with Crippen molar-refractivity contribution < 1.29 is 9.53 Å². The number of rotatable bonds is 10. The number of amides is 1. The van der Waals surface area contributed by atoms with Crippen LogP contribution in [-0.2, 0) is 9.53 Å². The first-order valence-electron chi connectivity index (χ1n) is 10.6. The summed E-state index contributed by atoms with van der Waals surface area (Å²) in [6.45, 7) is 15.7. The van der Waals surface area contributed by atoms with Gasteiger partial charge in [-0.1, -0.05) is 0 Å². The Kier molecular flexibility index (Phi) is 8.83. The second-order valence-corrected chi connectivity index (χ2v) is 8.10. The summed E-state index contributed by atoms with van der Waals surface area (Å²) < 4.78 is 5.53. The third-order valence-electron chi connectivity index (χ3n) is 5.33. The molecule has 27 heavy (non-hydrogen) atoms. The largest absolute Gasteiger partial charge is 0.382 e. The van der Waals surface area contributed by atoms with Gasteiger partial charge in [0.15, 0.2) is 5.96 Å². The van der Waals surface area contributed by atoms with E-state index in [1.54, 1.807) is 0 Å². The van der Waals surface area contributed by atoms with Crippen LogP contribution in [0.2, 0.25) is 0 Å². The number of piperazine rings is 1. The summed E-state index contributed by atoms with van der Waals surface area (Å²) in [5, 5.41) is 6.42. The predicted octanol–water partition coefficient (Wildman–Crippen LogP) is 1.30. The molecule has 1 aliphatic heterocycles. The predicted molar refractivity (Wildman–Crippen MR) is 110 cm³/mol. The van der Waals surface area contributed by atoms with Crippen LogP contribution in [0.25, 0.3) is 0 Å². The van der Waals surface area contributed by atoms with Crippen molar-refractivity contribution in [1.82, 2.24) is 20.4 Å². The molecule has 2 rings (SSSR count). The number of hydrogen-bond donors (Lipinski definition) is 2. The minimum absolute atomic E-state index is 0.115. The Labute approximate surface area is 164 Å². The van der Waals surface area contributed by atoms with Gasteiger partial charge in [-0.3, -0.25) is 14.7 Å². The molecule has 1 saturated heterocycles. The SMILES string of the molecule is CCNC(=NCC1(CCOCC)CC1)N1CCN(CC(=O)NC(C)C)CC1. The molecular formula is C20H39N5O2. The summed E-state index contributed by atoms with van der Waals surface area (Å²) in [4.78, 5) is 21.5. The average Bonchev–Trinajstić information content (AvgIpc) is 3.39. The van der Waals surface area contributed by atoms with Crippen LogP contribution in [0.5, 0.6) is 0 Å². The van der Waals surface area contributed by atoms with Crippen molar-refractivity contribution in [3.05, 3.63) is 0 Å². The second-order valence-electron chi connectivity index (χ2n) is 8.10. The molecule has 1 aliphatic carbocycles. The van der Waals surface area contributed by atoms with Gasteiger partial charge < -0.3 is 20.3 Å². The highest BCUT2D eigenvalue weighted by molar-refractivity contribution is 5.80. The molecule has 7 nitrogen and oxygen atoms in total. The first-order valence-corrected chi connectivity index (χ1v) is 10.6. The Morgan fingerprint density at radius 2 is 1.89 bits per heavy atom. The topological polar surface area (TPSA) is 69.2 Å². The lowest BCUT2D eigenvalue weighted by molar-refractivity contribution is -0.123. The van der Waals surface area contributed by atoms with E-state index in [0.717, 1.165) is 64.9 Å². The van der Waals surface area contributed by atoms with Crippen LogP contribution >= 0.6 is 0 Å². The number of hydrogen-bond acceptors (Lipinski definition) is 4. The minimum atomic E-state index is 0.115. The van der Waals surface area contributed by atoms with Gasteiger partial charge in [0.05, 0.1) is 6.54 Å². The van der Waals surface area contributed by atoms with Crippen LogP contribution in [0.4, 0.5) is 0 Å². The van der Waals surface area contributed by atoms with Crippen molar-refractivity contribution in [2.75, 3.05) is 59.0 Å². The van der Waals surface area contributed by atoms with Gasteiger partial charge in [0.25, 0.3) is 0 Å². The minimum Gasteiger partial charge on any atom is -0.382 e. The number of carbonyl (C=O) groups is 1. The fourth-order valence-electron chi connectivity index (χ4n) is 3.45. The van der Waals surface area contributed by atoms with E-state index in [0.29, 0.717) is 12.0 Å². The molecule has 0 unspecified atom stereocenters. The van der Waals surface area contributed by atoms with Gasteiger partial charge in [0.2, 0.25) is 5.91 Å². The third-order valence-corrected chi connectivity index (χ3v) is 5.33. The first-order chi connectivity index (χ1) is 13.0. The van der Waals surface area contributed by atoms with Gasteiger partial charge in [-0.2, -0.15) is 0 Å². The smallest absolute Gasteiger partial charge is 0.234 e. The molecular weight excluding hydrogens is 342 g/mol.